The average Bonchev–Trinajstić information content (AvgIpc) is 2.50. The summed E-state index contributed by atoms with van der Waals surface area (Å²) in [6.07, 6.45) is 0. The number of hydrogen-bond acceptors (Lipinski definition) is 6. The van der Waals surface area contributed by atoms with Crippen LogP contribution in [0.4, 0.5) is 0 Å². The van der Waals surface area contributed by atoms with Crippen LogP contribution in [-0.4, -0.2) is 42.4 Å². The van der Waals surface area contributed by atoms with Gasteiger partial charge in [-0.15, -0.1) is 0 Å². The lowest BCUT2D eigenvalue weighted by atomic mass is 9.85. The molecule has 0 amide bonds. The summed E-state index contributed by atoms with van der Waals surface area (Å²) in [5.74, 6) is -1.04. The van der Waals surface area contributed by atoms with Gasteiger partial charge in [0.05, 0.1) is 13.7 Å². The number of carbonyl (C=O) groups excluding carboxylic acids is 1. The zero-order valence-corrected chi connectivity index (χ0v) is 15.6. The van der Waals surface area contributed by atoms with Crippen molar-refractivity contribution in [3.63, 3.8) is 0 Å². The molecule has 1 atom stereocenters. The third-order valence-electron chi connectivity index (χ3n) is 3.52. The minimum absolute atomic E-state index is 0.00226. The number of carbonyl (C=O) groups is 2. The van der Waals surface area contributed by atoms with E-state index in [0.29, 0.717) is 5.75 Å². The SMILES string of the molecule is COc1ccc(C(=O)O)c(OCC(C)(C)C(N)C(=O)OC(C)(C)C)c1. The number of aromatic carboxylic acids is 1. The number of rotatable bonds is 7. The van der Waals surface area contributed by atoms with Gasteiger partial charge in [0.2, 0.25) is 0 Å². The first-order chi connectivity index (χ1) is 11.4. The van der Waals surface area contributed by atoms with Gasteiger partial charge in [-0.05, 0) is 32.9 Å². The molecule has 3 N–H and O–H groups in total. The Kier molecular flexibility index (Phi) is 6.42. The Morgan fingerprint density at radius 2 is 1.80 bits per heavy atom. The van der Waals surface area contributed by atoms with Crippen molar-refractivity contribution in [3.8, 4) is 11.5 Å². The summed E-state index contributed by atoms with van der Waals surface area (Å²) in [5, 5.41) is 9.26. The summed E-state index contributed by atoms with van der Waals surface area (Å²) in [7, 11) is 1.47. The molecule has 140 valence electrons. The predicted octanol–water partition coefficient (Wildman–Crippen LogP) is 2.47. The molecule has 0 heterocycles. The van der Waals surface area contributed by atoms with Crippen molar-refractivity contribution in [2.45, 2.75) is 46.3 Å². The molecular formula is C18H27NO6. The Bertz CT molecular complexity index is 633. The van der Waals surface area contributed by atoms with Gasteiger partial charge in [-0.25, -0.2) is 4.79 Å². The first-order valence-corrected chi connectivity index (χ1v) is 7.90. The fraction of sp³-hybridized carbons (Fsp3) is 0.556. The summed E-state index contributed by atoms with van der Waals surface area (Å²) < 4.78 is 16.1. The van der Waals surface area contributed by atoms with Gasteiger partial charge in [0.15, 0.2) is 0 Å². The third-order valence-corrected chi connectivity index (χ3v) is 3.52. The summed E-state index contributed by atoms with van der Waals surface area (Å²) in [6.45, 7) is 8.81. The molecule has 0 saturated carbocycles. The van der Waals surface area contributed by atoms with Crippen LogP contribution in [0.3, 0.4) is 0 Å². The predicted molar refractivity (Wildman–Crippen MR) is 93.0 cm³/mol. The van der Waals surface area contributed by atoms with E-state index in [9.17, 15) is 14.7 Å². The highest BCUT2D eigenvalue weighted by molar-refractivity contribution is 5.91. The number of methoxy groups -OCH3 is 1. The van der Waals surface area contributed by atoms with E-state index in [2.05, 4.69) is 0 Å². The van der Waals surface area contributed by atoms with Crippen molar-refractivity contribution in [3.05, 3.63) is 23.8 Å². The van der Waals surface area contributed by atoms with Crippen LogP contribution >= 0.6 is 0 Å². The van der Waals surface area contributed by atoms with Crippen molar-refractivity contribution in [2.75, 3.05) is 13.7 Å². The molecule has 1 aromatic carbocycles. The molecule has 1 aromatic rings. The quantitative estimate of drug-likeness (QED) is 0.725. The van der Waals surface area contributed by atoms with Gasteiger partial charge in [-0.1, -0.05) is 13.8 Å². The van der Waals surface area contributed by atoms with Crippen LogP contribution in [0.25, 0.3) is 0 Å². The van der Waals surface area contributed by atoms with Crippen LogP contribution < -0.4 is 15.2 Å². The normalized spacial score (nSPS) is 13.1. The summed E-state index contributed by atoms with van der Waals surface area (Å²) in [5.41, 5.74) is 4.61. The molecule has 1 unspecified atom stereocenters. The Balaban J connectivity index is 2.91. The molecular weight excluding hydrogens is 326 g/mol. The van der Waals surface area contributed by atoms with Crippen molar-refractivity contribution in [2.24, 2.45) is 11.1 Å². The minimum Gasteiger partial charge on any atom is -0.497 e. The number of nitrogens with two attached hydrogens (primary N) is 1. The molecule has 0 aliphatic rings. The maximum Gasteiger partial charge on any atom is 0.339 e. The van der Waals surface area contributed by atoms with Gasteiger partial charge < -0.3 is 25.1 Å². The van der Waals surface area contributed by atoms with Crippen LogP contribution in [0.1, 0.15) is 45.0 Å². The molecule has 0 bridgehead atoms. The van der Waals surface area contributed by atoms with Crippen molar-refractivity contribution in [1.82, 2.24) is 0 Å². The molecule has 0 saturated heterocycles. The number of ether oxygens (including phenoxy) is 3. The fourth-order valence-corrected chi connectivity index (χ4v) is 1.96. The zero-order chi connectivity index (χ0) is 19.4. The molecule has 7 nitrogen and oxygen atoms in total. The summed E-state index contributed by atoms with van der Waals surface area (Å²) in [4.78, 5) is 23.5. The highest BCUT2D eigenvalue weighted by atomic mass is 16.6. The van der Waals surface area contributed by atoms with Crippen molar-refractivity contribution in [1.29, 1.82) is 0 Å². The maximum atomic E-state index is 12.2. The standard InChI is InChI=1S/C18H27NO6/c1-17(2,3)25-16(22)14(19)18(4,5)10-24-13-9-11(23-6)7-8-12(13)15(20)21/h7-9,14H,10,19H2,1-6H3,(H,20,21). The molecule has 0 spiro atoms. The van der Waals surface area contributed by atoms with Crippen molar-refractivity contribution < 1.29 is 28.9 Å². The van der Waals surface area contributed by atoms with E-state index in [0.717, 1.165) is 0 Å². The van der Waals surface area contributed by atoms with Gasteiger partial charge in [-0.2, -0.15) is 0 Å². The van der Waals surface area contributed by atoms with E-state index in [1.54, 1.807) is 34.6 Å². The second-order valence-electron chi connectivity index (χ2n) is 7.46. The zero-order valence-electron chi connectivity index (χ0n) is 15.6. The third kappa shape index (κ3) is 5.94. The topological polar surface area (TPSA) is 108 Å². The Morgan fingerprint density at radius 3 is 2.28 bits per heavy atom. The van der Waals surface area contributed by atoms with E-state index in [-0.39, 0.29) is 17.9 Å². The molecule has 0 aliphatic heterocycles. The lowest BCUT2D eigenvalue weighted by Crippen LogP contribution is -2.49. The van der Waals surface area contributed by atoms with Crippen LogP contribution in [0, 0.1) is 5.41 Å². The van der Waals surface area contributed by atoms with Crippen LogP contribution in [0.15, 0.2) is 18.2 Å². The summed E-state index contributed by atoms with van der Waals surface area (Å²) >= 11 is 0. The smallest absolute Gasteiger partial charge is 0.339 e. The largest absolute Gasteiger partial charge is 0.497 e. The maximum absolute atomic E-state index is 12.2. The molecule has 25 heavy (non-hydrogen) atoms. The van der Waals surface area contributed by atoms with Crippen LogP contribution in [-0.2, 0) is 9.53 Å². The second-order valence-corrected chi connectivity index (χ2v) is 7.46. The van der Waals surface area contributed by atoms with E-state index in [1.807, 2.05) is 0 Å². The number of carboxylic acid groups (broad SMARTS) is 1. The van der Waals surface area contributed by atoms with Gasteiger partial charge in [0, 0.05) is 11.5 Å². The first-order valence-electron chi connectivity index (χ1n) is 7.90. The number of hydrogen-bond donors (Lipinski definition) is 2. The lowest BCUT2D eigenvalue weighted by Gasteiger charge is -2.32. The number of carboxylic acids is 1. The highest BCUT2D eigenvalue weighted by Gasteiger charge is 2.36. The van der Waals surface area contributed by atoms with Gasteiger partial charge in [-0.3, -0.25) is 4.79 Å². The van der Waals surface area contributed by atoms with Gasteiger partial charge in [0.25, 0.3) is 0 Å². The van der Waals surface area contributed by atoms with E-state index >= 15 is 0 Å². The summed E-state index contributed by atoms with van der Waals surface area (Å²) in [6, 6.07) is 3.49. The fourth-order valence-electron chi connectivity index (χ4n) is 1.96. The number of esters is 1. The molecule has 7 heteroatoms. The molecule has 0 radical (unpaired) electrons. The van der Waals surface area contributed by atoms with Crippen LogP contribution in [0.2, 0.25) is 0 Å². The van der Waals surface area contributed by atoms with E-state index in [4.69, 9.17) is 19.9 Å². The highest BCUT2D eigenvalue weighted by Crippen LogP contribution is 2.28. The second kappa shape index (κ2) is 7.74. The van der Waals surface area contributed by atoms with E-state index in [1.165, 1.54) is 25.3 Å². The Hall–Kier alpha value is -2.28. The molecule has 0 aromatic heterocycles. The molecule has 1 rings (SSSR count). The van der Waals surface area contributed by atoms with Gasteiger partial charge in [0.1, 0.15) is 28.7 Å². The molecule has 0 fully saturated rings. The Morgan fingerprint density at radius 1 is 1.20 bits per heavy atom. The average molecular weight is 353 g/mol. The van der Waals surface area contributed by atoms with E-state index < -0.39 is 29.0 Å². The lowest BCUT2D eigenvalue weighted by molar-refractivity contribution is -0.160. The van der Waals surface area contributed by atoms with Crippen LogP contribution in [0.5, 0.6) is 11.5 Å². The first kappa shape index (κ1) is 20.8. The van der Waals surface area contributed by atoms with Crippen molar-refractivity contribution >= 4 is 11.9 Å². The minimum atomic E-state index is -1.12. The Labute approximate surface area is 148 Å². The monoisotopic (exact) mass is 353 g/mol. The van der Waals surface area contributed by atoms with Gasteiger partial charge >= 0.3 is 11.9 Å². The molecule has 0 aliphatic carbocycles. The number of benzene rings is 1.